The summed E-state index contributed by atoms with van der Waals surface area (Å²) in [7, 11) is 1.78. The highest BCUT2D eigenvalue weighted by molar-refractivity contribution is 6.15. The number of aromatic nitrogens is 1. The fourth-order valence-corrected chi connectivity index (χ4v) is 3.21. The van der Waals surface area contributed by atoms with E-state index in [0.29, 0.717) is 23.1 Å². The van der Waals surface area contributed by atoms with Gasteiger partial charge in [0.25, 0.3) is 0 Å². The van der Waals surface area contributed by atoms with E-state index >= 15 is 0 Å². The van der Waals surface area contributed by atoms with Crippen molar-refractivity contribution in [2.24, 2.45) is 5.73 Å². The van der Waals surface area contributed by atoms with Crippen LogP contribution in [0.15, 0.2) is 42.5 Å². The minimum Gasteiger partial charge on any atom is -0.507 e. The Morgan fingerprint density at radius 1 is 1.24 bits per heavy atom. The number of aliphatic hydroxyl groups is 1. The van der Waals surface area contributed by atoms with Gasteiger partial charge in [0.15, 0.2) is 6.23 Å². The van der Waals surface area contributed by atoms with E-state index in [9.17, 15) is 15.0 Å². The summed E-state index contributed by atoms with van der Waals surface area (Å²) < 4.78 is 1.95. The van der Waals surface area contributed by atoms with Crippen molar-refractivity contribution >= 4 is 22.4 Å². The summed E-state index contributed by atoms with van der Waals surface area (Å²) in [6, 6.07) is 13.1. The number of Topliss-reactive ketones (excluding diaryl/α,β-unsaturated/α-hetero) is 1. The number of benzene rings is 2. The number of hydrogen-bond donors (Lipinski definition) is 4. The first-order valence-corrected chi connectivity index (χ1v) is 8.00. The van der Waals surface area contributed by atoms with Crippen molar-refractivity contribution in [3.8, 4) is 5.75 Å². The van der Waals surface area contributed by atoms with Gasteiger partial charge in [-0.15, -0.1) is 0 Å². The molecule has 3 rings (SSSR count). The number of carbonyl (C=O) groups excluding carboxylic acids is 1. The van der Waals surface area contributed by atoms with E-state index < -0.39 is 12.0 Å². The highest BCUT2D eigenvalue weighted by Crippen LogP contribution is 2.38. The number of hydrogen-bond acceptors (Lipinski definition) is 5. The zero-order valence-electron chi connectivity index (χ0n) is 14.2. The number of aromatic hydroxyl groups is 1. The van der Waals surface area contributed by atoms with Gasteiger partial charge in [-0.1, -0.05) is 30.3 Å². The molecule has 0 aliphatic carbocycles. The molecular weight excluding hydrogens is 318 g/mol. The summed E-state index contributed by atoms with van der Waals surface area (Å²) in [4.78, 5) is 12.5. The molecule has 1 heterocycles. The zero-order valence-corrected chi connectivity index (χ0v) is 14.2. The van der Waals surface area contributed by atoms with E-state index in [-0.39, 0.29) is 11.3 Å². The molecule has 6 nitrogen and oxygen atoms in total. The van der Waals surface area contributed by atoms with Crippen molar-refractivity contribution in [1.82, 2.24) is 4.57 Å². The molecule has 130 valence electrons. The number of nitrogens with one attached hydrogen (secondary N) is 1. The van der Waals surface area contributed by atoms with Crippen LogP contribution >= 0.6 is 0 Å². The average Bonchev–Trinajstić information content (AvgIpc) is 2.89. The highest BCUT2D eigenvalue weighted by Gasteiger charge is 2.26. The maximum Gasteiger partial charge on any atom is 0.208 e. The number of carbonyl (C=O) groups is 1. The summed E-state index contributed by atoms with van der Waals surface area (Å²) in [6.45, 7) is 2.31. The smallest absolute Gasteiger partial charge is 0.208 e. The van der Waals surface area contributed by atoms with E-state index in [0.717, 1.165) is 11.3 Å². The minimum atomic E-state index is -1.63. The normalized spacial score (nSPS) is 12.3. The minimum absolute atomic E-state index is 0.0205. The average molecular weight is 339 g/mol. The van der Waals surface area contributed by atoms with Gasteiger partial charge in [0.2, 0.25) is 5.78 Å². The maximum absolute atomic E-state index is 12.5. The molecule has 2 aromatic carbocycles. The number of phenolic OH excluding ortho intramolecular Hbond substituents is 1. The van der Waals surface area contributed by atoms with Crippen molar-refractivity contribution < 1.29 is 15.0 Å². The molecule has 0 fully saturated rings. The van der Waals surface area contributed by atoms with Crippen LogP contribution in [-0.4, -0.2) is 33.8 Å². The largest absolute Gasteiger partial charge is 0.507 e. The van der Waals surface area contributed by atoms with Gasteiger partial charge in [0.1, 0.15) is 5.75 Å². The summed E-state index contributed by atoms with van der Waals surface area (Å²) in [5.74, 6) is -0.634. The fraction of sp³-hybridized carbons (Fsp3) is 0.211. The molecule has 0 saturated heterocycles. The van der Waals surface area contributed by atoms with Crippen LogP contribution in [-0.2, 0) is 6.54 Å². The third-order valence-electron chi connectivity index (χ3n) is 4.41. The van der Waals surface area contributed by atoms with Gasteiger partial charge in [-0.2, -0.15) is 0 Å². The second-order valence-electron chi connectivity index (χ2n) is 5.95. The zero-order chi connectivity index (χ0) is 18.1. The van der Waals surface area contributed by atoms with Crippen LogP contribution in [0.1, 0.15) is 21.6 Å². The molecule has 0 saturated carbocycles. The van der Waals surface area contributed by atoms with Gasteiger partial charge in [0, 0.05) is 19.3 Å². The lowest BCUT2D eigenvalue weighted by Gasteiger charge is -2.12. The van der Waals surface area contributed by atoms with Crippen LogP contribution < -0.4 is 11.1 Å². The second-order valence-corrected chi connectivity index (χ2v) is 5.95. The number of rotatable bonds is 5. The van der Waals surface area contributed by atoms with E-state index in [2.05, 4.69) is 5.32 Å². The number of nitrogens with two attached hydrogens (primary N) is 1. The van der Waals surface area contributed by atoms with Crippen molar-refractivity contribution in [2.45, 2.75) is 19.7 Å². The van der Waals surface area contributed by atoms with Gasteiger partial charge in [-0.3, -0.25) is 10.5 Å². The molecule has 1 atom stereocenters. The first-order valence-electron chi connectivity index (χ1n) is 8.00. The molecule has 0 radical (unpaired) electrons. The first-order chi connectivity index (χ1) is 12.0. The molecule has 0 aliphatic rings. The molecule has 5 N–H and O–H groups in total. The summed E-state index contributed by atoms with van der Waals surface area (Å²) in [5, 5.41) is 23.5. The lowest BCUT2D eigenvalue weighted by molar-refractivity contribution is 0.0760. The van der Waals surface area contributed by atoms with E-state index in [4.69, 9.17) is 5.73 Å². The first kappa shape index (κ1) is 17.0. The predicted molar refractivity (Wildman–Crippen MR) is 98.0 cm³/mol. The van der Waals surface area contributed by atoms with Crippen LogP contribution in [0, 0.1) is 6.92 Å². The standard InChI is InChI=1S/C19H21N3O3/c1-11-15(18(24)19(20)25)16-14(23)9-8-13(21-2)17(16)22(11)10-12-6-4-3-5-7-12/h3-9,19,21,23,25H,10,20H2,1-2H3. The fourth-order valence-electron chi connectivity index (χ4n) is 3.21. The molecular formula is C19H21N3O3. The molecule has 0 aliphatic heterocycles. The molecule has 1 unspecified atom stereocenters. The Morgan fingerprint density at radius 2 is 1.92 bits per heavy atom. The SMILES string of the molecule is CNc1ccc(O)c2c(C(=O)C(N)O)c(C)n(Cc3ccccc3)c12. The third kappa shape index (κ3) is 2.86. The van der Waals surface area contributed by atoms with E-state index in [1.165, 1.54) is 6.07 Å². The number of fused-ring (bicyclic) bond motifs is 1. The van der Waals surface area contributed by atoms with Gasteiger partial charge >= 0.3 is 0 Å². The lowest BCUT2D eigenvalue weighted by Crippen LogP contribution is -2.30. The number of nitrogens with zero attached hydrogens (tertiary/aromatic N) is 1. The molecule has 1 aromatic heterocycles. The Balaban J connectivity index is 2.34. The van der Waals surface area contributed by atoms with Crippen molar-refractivity contribution in [2.75, 3.05) is 12.4 Å². The summed E-state index contributed by atoms with van der Waals surface area (Å²) >= 11 is 0. The molecule has 3 aromatic rings. The molecule has 0 amide bonds. The van der Waals surface area contributed by atoms with Crippen molar-refractivity contribution in [3.63, 3.8) is 0 Å². The quantitative estimate of drug-likeness (QED) is 0.324. The molecule has 0 bridgehead atoms. The van der Waals surface area contributed by atoms with Crippen LogP contribution in [0.4, 0.5) is 5.69 Å². The topological polar surface area (TPSA) is 101 Å². The Kier molecular flexibility index (Phi) is 4.48. The highest BCUT2D eigenvalue weighted by atomic mass is 16.3. The number of ketones is 1. The Labute approximate surface area is 145 Å². The summed E-state index contributed by atoms with van der Waals surface area (Å²) in [5.41, 5.74) is 8.83. The number of anilines is 1. The second kappa shape index (κ2) is 6.58. The summed E-state index contributed by atoms with van der Waals surface area (Å²) in [6.07, 6.45) is -1.63. The molecule has 6 heteroatoms. The van der Waals surface area contributed by atoms with Crippen molar-refractivity contribution in [1.29, 1.82) is 0 Å². The molecule has 0 spiro atoms. The number of aliphatic hydroxyl groups excluding tert-OH is 1. The molecule has 25 heavy (non-hydrogen) atoms. The van der Waals surface area contributed by atoms with Gasteiger partial charge in [-0.05, 0) is 24.6 Å². The van der Waals surface area contributed by atoms with Gasteiger partial charge in [-0.25, -0.2) is 0 Å². The Morgan fingerprint density at radius 3 is 2.52 bits per heavy atom. The van der Waals surface area contributed by atoms with Crippen molar-refractivity contribution in [3.05, 3.63) is 59.3 Å². The van der Waals surface area contributed by atoms with E-state index in [1.807, 2.05) is 34.9 Å². The van der Waals surface area contributed by atoms with Crippen LogP contribution in [0.3, 0.4) is 0 Å². The predicted octanol–water partition coefficient (Wildman–Crippen LogP) is 2.21. The number of phenols is 1. The third-order valence-corrected chi connectivity index (χ3v) is 4.41. The van der Waals surface area contributed by atoms with Crippen LogP contribution in [0.5, 0.6) is 5.75 Å². The van der Waals surface area contributed by atoms with E-state index in [1.54, 1.807) is 20.0 Å². The monoisotopic (exact) mass is 339 g/mol. The Bertz CT molecular complexity index is 930. The van der Waals surface area contributed by atoms with Crippen LogP contribution in [0.2, 0.25) is 0 Å². The lowest BCUT2D eigenvalue weighted by atomic mass is 10.0. The van der Waals surface area contributed by atoms with Gasteiger partial charge in [0.05, 0.1) is 22.2 Å². The van der Waals surface area contributed by atoms with Gasteiger partial charge < -0.3 is 20.1 Å². The maximum atomic E-state index is 12.5. The Hall–Kier alpha value is -2.83. The van der Waals surface area contributed by atoms with Crippen LogP contribution in [0.25, 0.3) is 10.9 Å².